The highest BCUT2D eigenvalue weighted by Gasteiger charge is 2.36. The van der Waals surface area contributed by atoms with Crippen LogP contribution in [0.3, 0.4) is 0 Å². The number of nitrogens with zero attached hydrogens (tertiary/aromatic N) is 3. The highest BCUT2D eigenvalue weighted by atomic mass is 16.5. The van der Waals surface area contributed by atoms with Crippen LogP contribution in [0.4, 0.5) is 0 Å². The standard InChI is InChI=1S/C18H22N4O2/c1-24-15-3-4-17(22-7-2-6-19-22)14(9-15)12-21-8-5-16-13(11-21)10-18(23)20-16/h2-4,6-7,9,13,16H,5,8,10-12H2,1H3,(H,20,23)/t13-,16+/m1/s1. The van der Waals surface area contributed by atoms with Gasteiger partial charge in [-0.05, 0) is 36.2 Å². The van der Waals surface area contributed by atoms with Crippen LogP contribution in [-0.4, -0.2) is 46.8 Å². The highest BCUT2D eigenvalue weighted by Crippen LogP contribution is 2.28. The summed E-state index contributed by atoms with van der Waals surface area (Å²) in [4.78, 5) is 14.0. The van der Waals surface area contributed by atoms with Crippen LogP contribution in [0.25, 0.3) is 5.69 Å². The second-order valence-electron chi connectivity index (χ2n) is 6.61. The molecule has 0 unspecified atom stereocenters. The van der Waals surface area contributed by atoms with Gasteiger partial charge in [0.1, 0.15) is 5.75 Å². The molecule has 4 rings (SSSR count). The van der Waals surface area contributed by atoms with Gasteiger partial charge >= 0.3 is 0 Å². The second-order valence-corrected chi connectivity index (χ2v) is 6.61. The number of piperidine rings is 1. The third-order valence-electron chi connectivity index (χ3n) is 5.04. The first-order chi connectivity index (χ1) is 11.7. The van der Waals surface area contributed by atoms with E-state index >= 15 is 0 Å². The van der Waals surface area contributed by atoms with Gasteiger partial charge in [0.15, 0.2) is 0 Å². The van der Waals surface area contributed by atoms with Crippen molar-refractivity contribution >= 4 is 5.91 Å². The summed E-state index contributed by atoms with van der Waals surface area (Å²) >= 11 is 0. The predicted octanol–water partition coefficient (Wildman–Crippen LogP) is 1.59. The number of rotatable bonds is 4. The van der Waals surface area contributed by atoms with Gasteiger partial charge in [0.05, 0.1) is 12.8 Å². The Morgan fingerprint density at radius 1 is 1.42 bits per heavy atom. The summed E-state index contributed by atoms with van der Waals surface area (Å²) in [5.41, 5.74) is 2.26. The Morgan fingerprint density at radius 2 is 2.33 bits per heavy atom. The third kappa shape index (κ3) is 2.89. The number of benzene rings is 1. The SMILES string of the molecule is COc1ccc(-n2cccn2)c(CN2CC[C@@H]3NC(=O)C[C@@H]3C2)c1. The number of likely N-dealkylation sites (tertiary alicyclic amines) is 1. The zero-order valence-corrected chi connectivity index (χ0v) is 13.8. The van der Waals surface area contributed by atoms with Gasteiger partial charge in [-0.2, -0.15) is 5.10 Å². The number of ether oxygens (including phenoxy) is 1. The van der Waals surface area contributed by atoms with E-state index in [1.807, 2.05) is 23.0 Å². The molecule has 0 spiro atoms. The lowest BCUT2D eigenvalue weighted by atomic mass is 9.93. The minimum atomic E-state index is 0.200. The van der Waals surface area contributed by atoms with Crippen molar-refractivity contribution in [1.29, 1.82) is 0 Å². The Hall–Kier alpha value is -2.34. The summed E-state index contributed by atoms with van der Waals surface area (Å²) in [6.07, 6.45) is 5.43. The summed E-state index contributed by atoms with van der Waals surface area (Å²) in [7, 11) is 1.69. The van der Waals surface area contributed by atoms with Crippen molar-refractivity contribution in [2.24, 2.45) is 5.92 Å². The Labute approximate surface area is 141 Å². The van der Waals surface area contributed by atoms with Crippen molar-refractivity contribution in [3.63, 3.8) is 0 Å². The molecule has 2 aliphatic rings. The van der Waals surface area contributed by atoms with Gasteiger partial charge in [0.2, 0.25) is 5.91 Å². The molecule has 2 fully saturated rings. The van der Waals surface area contributed by atoms with E-state index in [2.05, 4.69) is 27.4 Å². The quantitative estimate of drug-likeness (QED) is 0.927. The summed E-state index contributed by atoms with van der Waals surface area (Å²) in [5.74, 6) is 1.49. The fourth-order valence-corrected chi connectivity index (χ4v) is 3.84. The van der Waals surface area contributed by atoms with Crippen molar-refractivity contribution in [3.8, 4) is 11.4 Å². The zero-order chi connectivity index (χ0) is 16.5. The molecular formula is C18H22N4O2. The molecule has 2 atom stereocenters. The van der Waals surface area contributed by atoms with Gasteiger partial charge < -0.3 is 10.1 Å². The molecule has 6 nitrogen and oxygen atoms in total. The molecular weight excluding hydrogens is 304 g/mol. The molecule has 0 bridgehead atoms. The lowest BCUT2D eigenvalue weighted by Gasteiger charge is -2.34. The topological polar surface area (TPSA) is 59.4 Å². The van der Waals surface area contributed by atoms with Crippen molar-refractivity contribution in [2.45, 2.75) is 25.4 Å². The van der Waals surface area contributed by atoms with E-state index in [4.69, 9.17) is 4.74 Å². The van der Waals surface area contributed by atoms with Crippen molar-refractivity contribution < 1.29 is 9.53 Å². The van der Waals surface area contributed by atoms with Crippen LogP contribution in [0.5, 0.6) is 5.75 Å². The molecule has 3 heterocycles. The largest absolute Gasteiger partial charge is 0.497 e. The molecule has 0 aliphatic carbocycles. The number of carbonyl (C=O) groups is 1. The average molecular weight is 326 g/mol. The van der Waals surface area contributed by atoms with Crippen LogP contribution in [0.2, 0.25) is 0 Å². The smallest absolute Gasteiger partial charge is 0.220 e. The fourth-order valence-electron chi connectivity index (χ4n) is 3.84. The number of methoxy groups -OCH3 is 1. The Bertz CT molecular complexity index is 729. The summed E-state index contributed by atoms with van der Waals surface area (Å²) in [6, 6.07) is 8.39. The van der Waals surface area contributed by atoms with Crippen molar-refractivity contribution in [3.05, 3.63) is 42.2 Å². The minimum Gasteiger partial charge on any atom is -0.497 e. The second kappa shape index (κ2) is 6.28. The van der Waals surface area contributed by atoms with Crippen LogP contribution in [-0.2, 0) is 11.3 Å². The van der Waals surface area contributed by atoms with Gasteiger partial charge in [0, 0.05) is 50.4 Å². The summed E-state index contributed by atoms with van der Waals surface area (Å²) in [6.45, 7) is 2.79. The molecule has 1 aromatic carbocycles. The van der Waals surface area contributed by atoms with Crippen LogP contribution in [0.1, 0.15) is 18.4 Å². The number of nitrogens with one attached hydrogen (secondary N) is 1. The molecule has 6 heteroatoms. The maximum absolute atomic E-state index is 11.6. The number of hydrogen-bond donors (Lipinski definition) is 1. The molecule has 24 heavy (non-hydrogen) atoms. The molecule has 2 aromatic rings. The van der Waals surface area contributed by atoms with Gasteiger partial charge in [-0.1, -0.05) is 0 Å². The van der Waals surface area contributed by atoms with Crippen molar-refractivity contribution in [2.75, 3.05) is 20.2 Å². The zero-order valence-electron chi connectivity index (χ0n) is 13.8. The molecule has 2 saturated heterocycles. The maximum atomic E-state index is 11.6. The normalized spacial score (nSPS) is 23.8. The Kier molecular flexibility index (Phi) is 3.98. The summed E-state index contributed by atoms with van der Waals surface area (Å²) < 4.78 is 7.29. The van der Waals surface area contributed by atoms with Gasteiger partial charge in [-0.25, -0.2) is 4.68 Å². The monoisotopic (exact) mass is 326 g/mol. The lowest BCUT2D eigenvalue weighted by molar-refractivity contribution is -0.119. The lowest BCUT2D eigenvalue weighted by Crippen LogP contribution is -2.44. The van der Waals surface area contributed by atoms with E-state index in [-0.39, 0.29) is 5.91 Å². The van der Waals surface area contributed by atoms with E-state index in [1.54, 1.807) is 13.3 Å². The van der Waals surface area contributed by atoms with Crippen LogP contribution >= 0.6 is 0 Å². The number of carbonyl (C=O) groups excluding carboxylic acids is 1. The first-order valence-corrected chi connectivity index (χ1v) is 8.41. The molecule has 126 valence electrons. The Morgan fingerprint density at radius 3 is 3.12 bits per heavy atom. The number of fused-ring (bicyclic) bond motifs is 1. The highest BCUT2D eigenvalue weighted by molar-refractivity contribution is 5.79. The fraction of sp³-hybridized carbons (Fsp3) is 0.444. The van der Waals surface area contributed by atoms with E-state index in [1.165, 1.54) is 5.56 Å². The Balaban J connectivity index is 1.56. The van der Waals surface area contributed by atoms with E-state index in [0.29, 0.717) is 18.4 Å². The minimum absolute atomic E-state index is 0.200. The van der Waals surface area contributed by atoms with E-state index < -0.39 is 0 Å². The first-order valence-electron chi connectivity index (χ1n) is 8.41. The maximum Gasteiger partial charge on any atom is 0.220 e. The molecule has 0 radical (unpaired) electrons. The third-order valence-corrected chi connectivity index (χ3v) is 5.04. The number of aromatic nitrogens is 2. The van der Waals surface area contributed by atoms with Gasteiger partial charge in [-0.15, -0.1) is 0 Å². The predicted molar refractivity (Wildman–Crippen MR) is 90.0 cm³/mol. The van der Waals surface area contributed by atoms with Crippen LogP contribution < -0.4 is 10.1 Å². The van der Waals surface area contributed by atoms with Crippen LogP contribution in [0.15, 0.2) is 36.7 Å². The number of amides is 1. The molecule has 1 aromatic heterocycles. The first kappa shape index (κ1) is 15.2. The summed E-state index contributed by atoms with van der Waals surface area (Å²) in [5, 5.41) is 7.45. The molecule has 0 saturated carbocycles. The van der Waals surface area contributed by atoms with E-state index in [9.17, 15) is 4.79 Å². The van der Waals surface area contributed by atoms with Gasteiger partial charge in [0.25, 0.3) is 0 Å². The van der Waals surface area contributed by atoms with Gasteiger partial charge in [-0.3, -0.25) is 9.69 Å². The van der Waals surface area contributed by atoms with Crippen LogP contribution in [0, 0.1) is 5.92 Å². The molecule has 1 amide bonds. The molecule has 2 aliphatic heterocycles. The molecule has 1 N–H and O–H groups in total. The van der Waals surface area contributed by atoms with E-state index in [0.717, 1.165) is 37.5 Å². The average Bonchev–Trinajstić information content (AvgIpc) is 3.23. The number of hydrogen-bond acceptors (Lipinski definition) is 4. The van der Waals surface area contributed by atoms with Crippen molar-refractivity contribution in [1.82, 2.24) is 20.0 Å².